The third-order valence-electron chi connectivity index (χ3n) is 5.78. The van der Waals surface area contributed by atoms with E-state index in [0.717, 1.165) is 11.1 Å². The number of ether oxygens (including phenoxy) is 1. The van der Waals surface area contributed by atoms with Gasteiger partial charge in [0.1, 0.15) is 6.61 Å². The third kappa shape index (κ3) is 4.21. The zero-order chi connectivity index (χ0) is 22.6. The Morgan fingerprint density at radius 3 is 1.94 bits per heavy atom. The van der Waals surface area contributed by atoms with Gasteiger partial charge in [0.25, 0.3) is 5.91 Å². The van der Waals surface area contributed by atoms with Crippen molar-refractivity contribution in [3.63, 3.8) is 0 Å². The molecule has 0 saturated heterocycles. The third-order valence-corrected chi connectivity index (χ3v) is 5.78. The molecule has 4 aromatic carbocycles. The van der Waals surface area contributed by atoms with Crippen molar-refractivity contribution in [1.82, 2.24) is 0 Å². The Bertz CT molecular complexity index is 1270. The van der Waals surface area contributed by atoms with Crippen molar-refractivity contribution in [3.05, 3.63) is 120 Å². The van der Waals surface area contributed by atoms with Gasteiger partial charge in [0.2, 0.25) is 0 Å². The van der Waals surface area contributed by atoms with Crippen molar-refractivity contribution >= 4 is 23.4 Å². The first-order valence-electron chi connectivity index (χ1n) is 10.8. The highest BCUT2D eigenvalue weighted by Gasteiger charge is 2.29. The fourth-order valence-electron chi connectivity index (χ4n) is 4.25. The summed E-state index contributed by atoms with van der Waals surface area (Å²) in [5.74, 6) is -0.337. The number of anilines is 2. The van der Waals surface area contributed by atoms with Gasteiger partial charge in [0.05, 0.1) is 11.3 Å². The lowest BCUT2D eigenvalue weighted by Gasteiger charge is -2.15. The van der Waals surface area contributed by atoms with Crippen LogP contribution in [0, 0.1) is 0 Å². The Hall–Kier alpha value is -4.38. The molecule has 5 heteroatoms. The van der Waals surface area contributed by atoms with E-state index in [0.29, 0.717) is 16.9 Å². The number of carbonyl (C=O) groups excluding carboxylic acids is 2. The second-order valence-corrected chi connectivity index (χ2v) is 7.82. The first-order chi connectivity index (χ1) is 16.2. The Labute approximate surface area is 192 Å². The molecule has 0 aliphatic heterocycles. The van der Waals surface area contributed by atoms with Crippen LogP contribution in [0.2, 0.25) is 0 Å². The van der Waals surface area contributed by atoms with Crippen molar-refractivity contribution in [2.45, 2.75) is 5.92 Å². The lowest BCUT2D eigenvalue weighted by atomic mass is 9.98. The van der Waals surface area contributed by atoms with Crippen molar-refractivity contribution < 1.29 is 14.3 Å². The zero-order valence-corrected chi connectivity index (χ0v) is 17.8. The molecule has 0 unspecified atom stereocenters. The van der Waals surface area contributed by atoms with E-state index < -0.39 is 6.09 Å². The van der Waals surface area contributed by atoms with Crippen LogP contribution in [0.4, 0.5) is 16.2 Å². The van der Waals surface area contributed by atoms with E-state index in [4.69, 9.17) is 4.74 Å². The molecule has 1 aliphatic rings. The van der Waals surface area contributed by atoms with Gasteiger partial charge in [-0.25, -0.2) is 4.79 Å². The van der Waals surface area contributed by atoms with Gasteiger partial charge in [-0.15, -0.1) is 0 Å². The number of hydrogen-bond acceptors (Lipinski definition) is 3. The van der Waals surface area contributed by atoms with E-state index in [1.165, 1.54) is 11.1 Å². The predicted molar refractivity (Wildman–Crippen MR) is 130 cm³/mol. The Morgan fingerprint density at radius 2 is 1.24 bits per heavy atom. The minimum absolute atomic E-state index is 0.0280. The molecule has 0 spiro atoms. The lowest BCUT2D eigenvalue weighted by Crippen LogP contribution is -2.20. The molecule has 5 nitrogen and oxygen atoms in total. The van der Waals surface area contributed by atoms with E-state index >= 15 is 0 Å². The Kier molecular flexibility index (Phi) is 5.60. The van der Waals surface area contributed by atoms with Gasteiger partial charge >= 0.3 is 6.09 Å². The topological polar surface area (TPSA) is 67.4 Å². The van der Waals surface area contributed by atoms with Crippen LogP contribution in [0.3, 0.4) is 0 Å². The summed E-state index contributed by atoms with van der Waals surface area (Å²) in [4.78, 5) is 25.4. The van der Waals surface area contributed by atoms with Gasteiger partial charge in [0, 0.05) is 11.6 Å². The minimum Gasteiger partial charge on any atom is -0.448 e. The summed E-state index contributed by atoms with van der Waals surface area (Å²) in [5, 5.41) is 5.57. The highest BCUT2D eigenvalue weighted by Crippen LogP contribution is 2.44. The maximum absolute atomic E-state index is 12.8. The maximum Gasteiger partial charge on any atom is 0.411 e. The van der Waals surface area contributed by atoms with Crippen molar-refractivity contribution in [3.8, 4) is 11.1 Å². The van der Waals surface area contributed by atoms with Crippen molar-refractivity contribution in [1.29, 1.82) is 0 Å². The average Bonchev–Trinajstić information content (AvgIpc) is 3.17. The number of nitrogens with one attached hydrogen (secondary N) is 2. The monoisotopic (exact) mass is 434 g/mol. The molecule has 0 aromatic heterocycles. The number of rotatable bonds is 5. The second-order valence-electron chi connectivity index (χ2n) is 7.82. The highest BCUT2D eigenvalue weighted by atomic mass is 16.5. The SMILES string of the molecule is O=C(Nc1ccccc1C(=O)Nc1ccccc1)OCC1c2ccccc2-c2ccccc21. The fraction of sp³-hybridized carbons (Fsp3) is 0.0714. The number of amides is 2. The molecule has 0 radical (unpaired) electrons. The molecule has 162 valence electrons. The Balaban J connectivity index is 1.29. The maximum atomic E-state index is 12.8. The number of para-hydroxylation sites is 2. The molecule has 2 N–H and O–H groups in total. The molecular formula is C28H22N2O3. The molecule has 2 amide bonds. The highest BCUT2D eigenvalue weighted by molar-refractivity contribution is 6.09. The molecule has 0 heterocycles. The summed E-state index contributed by atoms with van der Waals surface area (Å²) >= 11 is 0. The average molecular weight is 434 g/mol. The molecule has 1 aliphatic carbocycles. The molecule has 0 bridgehead atoms. The number of benzene rings is 4. The summed E-state index contributed by atoms with van der Waals surface area (Å²) in [6, 6.07) is 32.4. The molecule has 33 heavy (non-hydrogen) atoms. The first-order valence-corrected chi connectivity index (χ1v) is 10.8. The minimum atomic E-state index is -0.600. The summed E-state index contributed by atoms with van der Waals surface area (Å²) < 4.78 is 5.61. The van der Waals surface area contributed by atoms with Crippen molar-refractivity contribution in [2.24, 2.45) is 0 Å². The van der Waals surface area contributed by atoms with Crippen LogP contribution >= 0.6 is 0 Å². The van der Waals surface area contributed by atoms with Crippen LogP contribution in [0.1, 0.15) is 27.4 Å². The summed E-state index contributed by atoms with van der Waals surface area (Å²) in [7, 11) is 0. The predicted octanol–water partition coefficient (Wildman–Crippen LogP) is 6.30. The van der Waals surface area contributed by atoms with Crippen molar-refractivity contribution in [2.75, 3.05) is 17.2 Å². The van der Waals surface area contributed by atoms with Gasteiger partial charge in [0.15, 0.2) is 0 Å². The van der Waals surface area contributed by atoms with Gasteiger partial charge < -0.3 is 10.1 Å². The van der Waals surface area contributed by atoms with Crippen LogP contribution < -0.4 is 10.6 Å². The van der Waals surface area contributed by atoms with Crippen LogP contribution in [0.15, 0.2) is 103 Å². The quantitative estimate of drug-likeness (QED) is 0.387. The van der Waals surface area contributed by atoms with Gasteiger partial charge in [-0.1, -0.05) is 78.9 Å². The molecule has 5 rings (SSSR count). The van der Waals surface area contributed by atoms with Crippen LogP contribution in [0.5, 0.6) is 0 Å². The van der Waals surface area contributed by atoms with E-state index in [1.807, 2.05) is 42.5 Å². The molecule has 0 atom stereocenters. The van der Waals surface area contributed by atoms with E-state index in [2.05, 4.69) is 34.9 Å². The number of fused-ring (bicyclic) bond motifs is 3. The van der Waals surface area contributed by atoms with Gasteiger partial charge in [-0.3, -0.25) is 10.1 Å². The molecular weight excluding hydrogens is 412 g/mol. The first kappa shape index (κ1) is 20.5. The van der Waals surface area contributed by atoms with Crippen LogP contribution in [-0.4, -0.2) is 18.6 Å². The molecule has 4 aromatic rings. The Morgan fingerprint density at radius 1 is 0.667 bits per heavy atom. The van der Waals surface area contributed by atoms with Gasteiger partial charge in [-0.2, -0.15) is 0 Å². The smallest absolute Gasteiger partial charge is 0.411 e. The largest absolute Gasteiger partial charge is 0.448 e. The van der Waals surface area contributed by atoms with E-state index in [-0.39, 0.29) is 18.4 Å². The summed E-state index contributed by atoms with van der Waals surface area (Å²) in [6.07, 6.45) is -0.600. The molecule has 0 fully saturated rings. The number of carbonyl (C=O) groups is 2. The second kappa shape index (κ2) is 9.01. The lowest BCUT2D eigenvalue weighted by molar-refractivity contribution is 0.102. The summed E-state index contributed by atoms with van der Waals surface area (Å²) in [6.45, 7) is 0.207. The standard InChI is InChI=1S/C28H22N2O3/c31-27(29-19-10-2-1-3-11-19)24-16-8-9-17-26(24)30-28(32)33-18-25-22-14-6-4-12-20(22)21-13-5-7-15-23(21)25/h1-17,25H,18H2,(H,29,31)(H,30,32). The molecule has 0 saturated carbocycles. The van der Waals surface area contributed by atoms with Crippen LogP contribution in [-0.2, 0) is 4.74 Å². The zero-order valence-electron chi connectivity index (χ0n) is 17.8. The van der Waals surface area contributed by atoms with Gasteiger partial charge in [-0.05, 0) is 46.5 Å². The summed E-state index contributed by atoms with van der Waals surface area (Å²) in [5.41, 5.74) is 6.06. The number of hydrogen-bond donors (Lipinski definition) is 2. The van der Waals surface area contributed by atoms with Crippen LogP contribution in [0.25, 0.3) is 11.1 Å². The van der Waals surface area contributed by atoms with E-state index in [9.17, 15) is 9.59 Å². The van der Waals surface area contributed by atoms with E-state index in [1.54, 1.807) is 36.4 Å². The fourth-order valence-corrected chi connectivity index (χ4v) is 4.25. The normalized spacial score (nSPS) is 11.9.